The van der Waals surface area contributed by atoms with E-state index in [1.165, 1.54) is 0 Å². The highest BCUT2D eigenvalue weighted by Gasteiger charge is 2.24. The molecule has 2 heteroatoms. The quantitative estimate of drug-likeness (QED) is 0.760. The minimum atomic E-state index is -0.00907. The van der Waals surface area contributed by atoms with Crippen molar-refractivity contribution in [3.05, 3.63) is 54.1 Å². The van der Waals surface area contributed by atoms with Crippen LogP contribution in [0.3, 0.4) is 0 Å². The first kappa shape index (κ1) is 11.6. The molecule has 2 nitrogen and oxygen atoms in total. The van der Waals surface area contributed by atoms with Crippen molar-refractivity contribution in [3.63, 3.8) is 0 Å². The first-order chi connectivity index (χ1) is 8.20. The smallest absolute Gasteiger partial charge is 0.234 e. The third-order valence-electron chi connectivity index (χ3n) is 3.19. The van der Waals surface area contributed by atoms with Crippen molar-refractivity contribution in [2.24, 2.45) is 5.92 Å². The van der Waals surface area contributed by atoms with Crippen molar-refractivity contribution < 1.29 is 4.79 Å². The van der Waals surface area contributed by atoms with E-state index in [0.29, 0.717) is 0 Å². The first-order valence-electron chi connectivity index (χ1n) is 5.86. The van der Waals surface area contributed by atoms with Crippen molar-refractivity contribution in [1.29, 1.82) is 0 Å². The monoisotopic (exact) mass is 227 g/mol. The van der Waals surface area contributed by atoms with Crippen molar-refractivity contribution in [3.8, 4) is 0 Å². The van der Waals surface area contributed by atoms with Crippen LogP contribution >= 0.6 is 0 Å². The molecule has 1 aliphatic carbocycles. The average Bonchev–Trinajstić information content (AvgIpc) is 2.39. The number of nitrogens with zero attached hydrogens (tertiary/aromatic N) is 1. The lowest BCUT2D eigenvalue weighted by atomic mass is 9.91. The van der Waals surface area contributed by atoms with Crippen LogP contribution in [0, 0.1) is 5.92 Å². The number of anilines is 1. The number of hydrogen-bond acceptors (Lipinski definition) is 1. The van der Waals surface area contributed by atoms with Gasteiger partial charge in [0.25, 0.3) is 0 Å². The van der Waals surface area contributed by atoms with Gasteiger partial charge in [-0.05, 0) is 25.5 Å². The Morgan fingerprint density at radius 2 is 2.00 bits per heavy atom. The molecule has 1 aliphatic rings. The van der Waals surface area contributed by atoms with E-state index in [1.807, 2.05) is 56.5 Å². The Labute approximate surface area is 102 Å². The zero-order valence-corrected chi connectivity index (χ0v) is 10.3. The number of hydrogen-bond donors (Lipinski definition) is 0. The standard InChI is InChI=1S/C15H17NO/c1-12-8-6-7-11-14(12)15(17)16(2)13-9-4-3-5-10-13/h3-10,14H,11H2,1-2H3. The van der Waals surface area contributed by atoms with Crippen molar-refractivity contribution in [1.82, 2.24) is 0 Å². The highest BCUT2D eigenvalue weighted by Crippen LogP contribution is 2.24. The SMILES string of the molecule is CC1=CC=CCC1C(=O)N(C)c1ccccc1. The molecule has 17 heavy (non-hydrogen) atoms. The van der Waals surface area contributed by atoms with Crippen LogP contribution in [0.15, 0.2) is 54.1 Å². The van der Waals surface area contributed by atoms with Gasteiger partial charge in [-0.3, -0.25) is 4.79 Å². The van der Waals surface area contributed by atoms with E-state index in [9.17, 15) is 4.79 Å². The Morgan fingerprint density at radius 1 is 1.29 bits per heavy atom. The zero-order valence-electron chi connectivity index (χ0n) is 10.3. The van der Waals surface area contributed by atoms with Gasteiger partial charge in [0.15, 0.2) is 0 Å². The van der Waals surface area contributed by atoms with Crippen LogP contribution in [0.2, 0.25) is 0 Å². The van der Waals surface area contributed by atoms with Crippen molar-refractivity contribution in [2.75, 3.05) is 11.9 Å². The fourth-order valence-corrected chi connectivity index (χ4v) is 2.04. The van der Waals surface area contributed by atoms with E-state index in [-0.39, 0.29) is 11.8 Å². The molecule has 1 unspecified atom stereocenters. The number of para-hydroxylation sites is 1. The average molecular weight is 227 g/mol. The predicted molar refractivity (Wildman–Crippen MR) is 70.9 cm³/mol. The third-order valence-corrected chi connectivity index (χ3v) is 3.19. The second-order valence-corrected chi connectivity index (χ2v) is 4.36. The molecule has 1 amide bonds. The van der Waals surface area contributed by atoms with Gasteiger partial charge in [-0.25, -0.2) is 0 Å². The van der Waals surface area contributed by atoms with E-state index in [2.05, 4.69) is 6.08 Å². The molecule has 0 aliphatic heterocycles. The fraction of sp³-hybridized carbons (Fsp3) is 0.267. The van der Waals surface area contributed by atoms with E-state index in [0.717, 1.165) is 17.7 Å². The number of carbonyl (C=O) groups excluding carboxylic acids is 1. The lowest BCUT2D eigenvalue weighted by Gasteiger charge is -2.25. The summed E-state index contributed by atoms with van der Waals surface area (Å²) in [5.74, 6) is 0.152. The molecular formula is C15H17NO. The van der Waals surface area contributed by atoms with Gasteiger partial charge >= 0.3 is 0 Å². The fourth-order valence-electron chi connectivity index (χ4n) is 2.04. The maximum absolute atomic E-state index is 12.4. The van der Waals surface area contributed by atoms with Crippen LogP contribution in [0.5, 0.6) is 0 Å². The summed E-state index contributed by atoms with van der Waals surface area (Å²) in [7, 11) is 1.84. The minimum absolute atomic E-state index is 0.00907. The molecule has 0 radical (unpaired) electrons. The maximum atomic E-state index is 12.4. The molecule has 2 rings (SSSR count). The summed E-state index contributed by atoms with van der Waals surface area (Å²) in [6.07, 6.45) is 6.89. The highest BCUT2D eigenvalue weighted by molar-refractivity contribution is 5.96. The second-order valence-electron chi connectivity index (χ2n) is 4.36. The van der Waals surface area contributed by atoms with E-state index in [1.54, 1.807) is 4.90 Å². The zero-order chi connectivity index (χ0) is 12.3. The lowest BCUT2D eigenvalue weighted by Crippen LogP contribution is -2.33. The molecule has 0 saturated carbocycles. The van der Waals surface area contributed by atoms with Gasteiger partial charge < -0.3 is 4.90 Å². The number of rotatable bonds is 2. The number of allylic oxidation sites excluding steroid dienone is 3. The summed E-state index contributed by atoms with van der Waals surface area (Å²) in [6.45, 7) is 2.02. The van der Waals surface area contributed by atoms with Crippen LogP contribution < -0.4 is 4.90 Å². The Bertz CT molecular complexity index is 459. The summed E-state index contributed by atoms with van der Waals surface area (Å²) in [4.78, 5) is 14.1. The summed E-state index contributed by atoms with van der Waals surface area (Å²) in [6, 6.07) is 9.76. The molecule has 1 aromatic carbocycles. The van der Waals surface area contributed by atoms with Gasteiger partial charge in [0.1, 0.15) is 0 Å². The summed E-state index contributed by atoms with van der Waals surface area (Å²) in [5.41, 5.74) is 2.08. The Morgan fingerprint density at radius 3 is 2.65 bits per heavy atom. The van der Waals surface area contributed by atoms with Gasteiger partial charge in [0, 0.05) is 12.7 Å². The van der Waals surface area contributed by atoms with E-state index in [4.69, 9.17) is 0 Å². The number of benzene rings is 1. The lowest BCUT2D eigenvalue weighted by molar-refractivity contribution is -0.121. The van der Waals surface area contributed by atoms with Crippen molar-refractivity contribution >= 4 is 11.6 Å². The van der Waals surface area contributed by atoms with E-state index < -0.39 is 0 Å². The van der Waals surface area contributed by atoms with Gasteiger partial charge in [0.2, 0.25) is 5.91 Å². The Kier molecular flexibility index (Phi) is 3.43. The normalized spacial score (nSPS) is 18.7. The predicted octanol–water partition coefficient (Wildman–Crippen LogP) is 3.17. The molecule has 88 valence electrons. The molecule has 0 spiro atoms. The van der Waals surface area contributed by atoms with Gasteiger partial charge in [-0.15, -0.1) is 0 Å². The topological polar surface area (TPSA) is 20.3 Å². The molecular weight excluding hydrogens is 210 g/mol. The van der Waals surface area contributed by atoms with Crippen LogP contribution in [-0.4, -0.2) is 13.0 Å². The number of carbonyl (C=O) groups is 1. The van der Waals surface area contributed by atoms with Crippen LogP contribution in [-0.2, 0) is 4.79 Å². The van der Waals surface area contributed by atoms with Crippen molar-refractivity contribution in [2.45, 2.75) is 13.3 Å². The van der Waals surface area contributed by atoms with Gasteiger partial charge in [-0.1, -0.05) is 42.0 Å². The largest absolute Gasteiger partial charge is 0.315 e. The van der Waals surface area contributed by atoms with Gasteiger partial charge in [-0.2, -0.15) is 0 Å². The second kappa shape index (κ2) is 5.00. The molecule has 0 bridgehead atoms. The maximum Gasteiger partial charge on any atom is 0.234 e. The summed E-state index contributed by atoms with van der Waals surface area (Å²) >= 11 is 0. The van der Waals surface area contributed by atoms with Crippen LogP contribution in [0.4, 0.5) is 5.69 Å². The van der Waals surface area contributed by atoms with Crippen LogP contribution in [0.25, 0.3) is 0 Å². The summed E-state index contributed by atoms with van der Waals surface area (Å²) in [5, 5.41) is 0. The third kappa shape index (κ3) is 2.47. The molecule has 0 N–H and O–H groups in total. The summed E-state index contributed by atoms with van der Waals surface area (Å²) < 4.78 is 0. The molecule has 0 heterocycles. The molecule has 0 saturated heterocycles. The molecule has 1 atom stereocenters. The first-order valence-corrected chi connectivity index (χ1v) is 5.86. The highest BCUT2D eigenvalue weighted by atomic mass is 16.2. The Balaban J connectivity index is 2.16. The number of amides is 1. The van der Waals surface area contributed by atoms with Crippen LogP contribution in [0.1, 0.15) is 13.3 Å². The van der Waals surface area contributed by atoms with E-state index >= 15 is 0 Å². The molecule has 0 fully saturated rings. The minimum Gasteiger partial charge on any atom is -0.315 e. The molecule has 0 aromatic heterocycles. The Hall–Kier alpha value is -1.83. The van der Waals surface area contributed by atoms with Gasteiger partial charge in [0.05, 0.1) is 5.92 Å². The molecule has 1 aromatic rings.